The fourth-order valence-electron chi connectivity index (χ4n) is 3.66. The Morgan fingerprint density at radius 1 is 1.10 bits per heavy atom. The van der Waals surface area contributed by atoms with Gasteiger partial charge in [0.2, 0.25) is 0 Å². The van der Waals surface area contributed by atoms with Crippen LogP contribution >= 0.6 is 0 Å². The van der Waals surface area contributed by atoms with E-state index in [-0.39, 0.29) is 11.3 Å². The molecule has 1 saturated heterocycles. The van der Waals surface area contributed by atoms with Crippen molar-refractivity contribution in [1.82, 2.24) is 0 Å². The molecule has 1 aliphatic heterocycles. The lowest BCUT2D eigenvalue weighted by molar-refractivity contribution is -0.384. The molecular formula is C23H27N3O5. The van der Waals surface area contributed by atoms with Crippen LogP contribution in [0.2, 0.25) is 0 Å². The number of nitrogens with one attached hydrogen (secondary N) is 1. The predicted molar refractivity (Wildman–Crippen MR) is 119 cm³/mol. The van der Waals surface area contributed by atoms with Crippen molar-refractivity contribution in [3.8, 4) is 0 Å². The number of anilines is 2. The normalized spacial score (nSPS) is 13.9. The molecule has 31 heavy (non-hydrogen) atoms. The molecule has 0 aliphatic carbocycles. The zero-order valence-electron chi connectivity index (χ0n) is 17.8. The number of rotatable bonds is 6. The Hall–Kier alpha value is -3.42. The number of nitro benzene ring substituents is 1. The number of esters is 1. The van der Waals surface area contributed by atoms with Crippen LogP contribution in [0.4, 0.5) is 17.1 Å². The lowest BCUT2D eigenvalue weighted by Gasteiger charge is -2.22. The molecule has 0 radical (unpaired) electrons. The molecule has 1 aliphatic rings. The topological polar surface area (TPSA) is 102 Å². The molecule has 8 nitrogen and oxygen atoms in total. The van der Waals surface area contributed by atoms with Crippen molar-refractivity contribution in [3.05, 3.63) is 63.2 Å². The molecule has 2 aromatic carbocycles. The van der Waals surface area contributed by atoms with E-state index in [4.69, 9.17) is 4.74 Å². The molecule has 2 aromatic rings. The first-order chi connectivity index (χ1) is 14.9. The van der Waals surface area contributed by atoms with Crippen LogP contribution in [-0.4, -0.2) is 36.5 Å². The van der Waals surface area contributed by atoms with Gasteiger partial charge in [0.15, 0.2) is 6.61 Å². The predicted octanol–water partition coefficient (Wildman–Crippen LogP) is 4.39. The van der Waals surface area contributed by atoms with Crippen LogP contribution in [0.25, 0.3) is 0 Å². The van der Waals surface area contributed by atoms with Crippen molar-refractivity contribution in [3.63, 3.8) is 0 Å². The van der Waals surface area contributed by atoms with E-state index in [9.17, 15) is 19.7 Å². The summed E-state index contributed by atoms with van der Waals surface area (Å²) < 4.78 is 5.09. The Morgan fingerprint density at radius 2 is 1.81 bits per heavy atom. The summed E-state index contributed by atoms with van der Waals surface area (Å²) in [5, 5.41) is 14.3. The largest absolute Gasteiger partial charge is 0.452 e. The highest BCUT2D eigenvalue weighted by atomic mass is 16.6. The molecular weight excluding hydrogens is 398 g/mol. The van der Waals surface area contributed by atoms with Gasteiger partial charge >= 0.3 is 5.97 Å². The molecule has 164 valence electrons. The van der Waals surface area contributed by atoms with Crippen molar-refractivity contribution in [2.75, 3.05) is 29.9 Å². The highest BCUT2D eigenvalue weighted by molar-refractivity contribution is 5.96. The summed E-state index contributed by atoms with van der Waals surface area (Å²) >= 11 is 0. The van der Waals surface area contributed by atoms with Crippen molar-refractivity contribution in [2.45, 2.75) is 39.5 Å². The van der Waals surface area contributed by atoms with E-state index >= 15 is 0 Å². The Labute approximate surface area is 181 Å². The van der Waals surface area contributed by atoms with Crippen molar-refractivity contribution in [2.24, 2.45) is 0 Å². The fourth-order valence-corrected chi connectivity index (χ4v) is 3.66. The van der Waals surface area contributed by atoms with E-state index < -0.39 is 23.4 Å². The van der Waals surface area contributed by atoms with Gasteiger partial charge in [-0.1, -0.05) is 25.0 Å². The first-order valence-electron chi connectivity index (χ1n) is 10.4. The molecule has 1 N–H and O–H groups in total. The number of ether oxygens (including phenoxy) is 1. The quantitative estimate of drug-likeness (QED) is 0.418. The number of amides is 1. The summed E-state index contributed by atoms with van der Waals surface area (Å²) in [6.45, 7) is 4.86. The van der Waals surface area contributed by atoms with Crippen molar-refractivity contribution in [1.29, 1.82) is 0 Å². The third-order valence-electron chi connectivity index (χ3n) is 5.57. The van der Waals surface area contributed by atoms with Gasteiger partial charge in [0.05, 0.1) is 10.5 Å². The molecule has 1 heterocycles. The SMILES string of the molecule is Cc1cccc(NC(=O)COC(=O)c2ccc(N3CCCCCC3)c([N+](=O)[O-])c2)c1C. The van der Waals surface area contributed by atoms with Gasteiger partial charge in [-0.3, -0.25) is 14.9 Å². The van der Waals surface area contributed by atoms with Crippen molar-refractivity contribution < 1.29 is 19.2 Å². The first kappa shape index (κ1) is 22.3. The zero-order chi connectivity index (χ0) is 22.4. The van der Waals surface area contributed by atoms with Crippen LogP contribution in [0.15, 0.2) is 36.4 Å². The number of carbonyl (C=O) groups is 2. The van der Waals surface area contributed by atoms with E-state index in [1.165, 1.54) is 12.1 Å². The third-order valence-corrected chi connectivity index (χ3v) is 5.57. The Kier molecular flexibility index (Phi) is 7.23. The van der Waals surface area contributed by atoms with Gasteiger partial charge in [-0.25, -0.2) is 4.79 Å². The molecule has 8 heteroatoms. The molecule has 0 bridgehead atoms. The Morgan fingerprint density at radius 3 is 2.48 bits per heavy atom. The van der Waals surface area contributed by atoms with Gasteiger partial charge in [0.25, 0.3) is 11.6 Å². The molecule has 0 spiro atoms. The number of benzene rings is 2. The number of hydrogen-bond donors (Lipinski definition) is 1. The maximum absolute atomic E-state index is 12.4. The fraction of sp³-hybridized carbons (Fsp3) is 0.391. The molecule has 1 amide bonds. The van der Waals surface area contributed by atoms with E-state index in [0.717, 1.165) is 49.9 Å². The van der Waals surface area contributed by atoms with Crippen LogP contribution in [0.1, 0.15) is 47.2 Å². The summed E-state index contributed by atoms with van der Waals surface area (Å²) in [5.74, 6) is -1.25. The highest BCUT2D eigenvalue weighted by Crippen LogP contribution is 2.31. The lowest BCUT2D eigenvalue weighted by Crippen LogP contribution is -2.25. The zero-order valence-corrected chi connectivity index (χ0v) is 17.8. The minimum Gasteiger partial charge on any atom is -0.452 e. The second-order valence-corrected chi connectivity index (χ2v) is 7.73. The van der Waals surface area contributed by atoms with Crippen LogP contribution < -0.4 is 10.2 Å². The lowest BCUT2D eigenvalue weighted by atomic mass is 10.1. The molecule has 0 atom stereocenters. The standard InChI is InChI=1S/C23H27N3O5/c1-16-8-7-9-19(17(16)2)24-22(27)15-31-23(28)18-10-11-20(21(14-18)26(29)30)25-12-5-3-4-6-13-25/h7-11,14H,3-6,12-13,15H2,1-2H3,(H,24,27). The number of nitrogens with zero attached hydrogens (tertiary/aromatic N) is 2. The minimum atomic E-state index is -0.776. The summed E-state index contributed by atoms with van der Waals surface area (Å²) in [6, 6.07) is 9.87. The van der Waals surface area contributed by atoms with Crippen LogP contribution in [-0.2, 0) is 9.53 Å². The maximum atomic E-state index is 12.4. The number of hydrogen-bond acceptors (Lipinski definition) is 6. The molecule has 0 aromatic heterocycles. The summed E-state index contributed by atoms with van der Waals surface area (Å²) in [5.41, 5.74) is 3.05. The number of aryl methyl sites for hydroxylation is 1. The average Bonchev–Trinajstić information content (AvgIpc) is 3.04. The van der Waals surface area contributed by atoms with Crippen LogP contribution in [0.5, 0.6) is 0 Å². The first-order valence-corrected chi connectivity index (χ1v) is 10.4. The second-order valence-electron chi connectivity index (χ2n) is 7.73. The second kappa shape index (κ2) is 10.1. The molecule has 3 rings (SSSR count). The van der Waals surface area contributed by atoms with Gasteiger partial charge in [-0.15, -0.1) is 0 Å². The molecule has 0 saturated carbocycles. The van der Waals surface area contributed by atoms with E-state index in [1.54, 1.807) is 12.1 Å². The van der Waals surface area contributed by atoms with Gasteiger partial charge in [0, 0.05) is 24.8 Å². The van der Waals surface area contributed by atoms with Gasteiger partial charge in [-0.05, 0) is 56.0 Å². The van der Waals surface area contributed by atoms with E-state index in [2.05, 4.69) is 5.32 Å². The third kappa shape index (κ3) is 5.59. The van der Waals surface area contributed by atoms with E-state index in [1.807, 2.05) is 30.9 Å². The summed E-state index contributed by atoms with van der Waals surface area (Å²) in [6.07, 6.45) is 4.19. The maximum Gasteiger partial charge on any atom is 0.338 e. The van der Waals surface area contributed by atoms with Gasteiger partial charge in [-0.2, -0.15) is 0 Å². The van der Waals surface area contributed by atoms with Crippen molar-refractivity contribution >= 4 is 28.9 Å². The summed E-state index contributed by atoms with van der Waals surface area (Å²) in [7, 11) is 0. The average molecular weight is 425 g/mol. The van der Waals surface area contributed by atoms with Gasteiger partial charge in [0.1, 0.15) is 5.69 Å². The van der Waals surface area contributed by atoms with E-state index in [0.29, 0.717) is 11.4 Å². The van der Waals surface area contributed by atoms with Crippen LogP contribution in [0.3, 0.4) is 0 Å². The highest BCUT2D eigenvalue weighted by Gasteiger charge is 2.23. The Bertz CT molecular complexity index is 981. The van der Waals surface area contributed by atoms with Crippen LogP contribution in [0, 0.1) is 24.0 Å². The molecule has 1 fully saturated rings. The minimum absolute atomic E-state index is 0.0461. The Balaban J connectivity index is 1.67. The monoisotopic (exact) mass is 425 g/mol. The smallest absolute Gasteiger partial charge is 0.338 e. The molecule has 0 unspecified atom stereocenters. The number of carbonyl (C=O) groups excluding carboxylic acids is 2. The van der Waals surface area contributed by atoms with Gasteiger partial charge < -0.3 is 15.0 Å². The summed E-state index contributed by atoms with van der Waals surface area (Å²) in [4.78, 5) is 37.7. The number of nitro groups is 1.